The Morgan fingerprint density at radius 3 is 2.48 bits per heavy atom. The van der Waals surface area contributed by atoms with Gasteiger partial charge >= 0.3 is 0 Å². The molecule has 1 aliphatic carbocycles. The van der Waals surface area contributed by atoms with Crippen molar-refractivity contribution in [3.8, 4) is 0 Å². The van der Waals surface area contributed by atoms with Gasteiger partial charge in [-0.1, -0.05) is 45.2 Å². The van der Waals surface area contributed by atoms with Crippen LogP contribution in [0.1, 0.15) is 77.6 Å². The van der Waals surface area contributed by atoms with Crippen LogP contribution in [0.5, 0.6) is 0 Å². The van der Waals surface area contributed by atoms with Crippen molar-refractivity contribution in [2.45, 2.75) is 71.3 Å². The first-order valence-electron chi connectivity index (χ1n) is 8.09. The number of hydrogen-bond acceptors (Lipinski definition) is 5. The predicted octanol–water partition coefficient (Wildman–Crippen LogP) is 3.35. The third-order valence-electron chi connectivity index (χ3n) is 4.45. The Kier molecular flexibility index (Phi) is 5.04. The number of ether oxygens (including phenoxy) is 1. The highest BCUT2D eigenvalue weighted by molar-refractivity contribution is 5.09. The molecule has 0 saturated heterocycles. The van der Waals surface area contributed by atoms with Crippen LogP contribution >= 0.6 is 0 Å². The van der Waals surface area contributed by atoms with Gasteiger partial charge in [-0.05, 0) is 25.2 Å². The average molecular weight is 295 g/mol. The minimum atomic E-state index is -0.154. The summed E-state index contributed by atoms with van der Waals surface area (Å²) < 4.78 is 11.4. The highest BCUT2D eigenvalue weighted by Crippen LogP contribution is 2.40. The number of nitrogens with zero attached hydrogens (tertiary/aromatic N) is 2. The van der Waals surface area contributed by atoms with Gasteiger partial charge in [-0.3, -0.25) is 0 Å². The highest BCUT2D eigenvalue weighted by atomic mass is 16.5. The van der Waals surface area contributed by atoms with E-state index in [1.165, 1.54) is 19.3 Å². The molecule has 1 heterocycles. The van der Waals surface area contributed by atoms with Gasteiger partial charge in [0.25, 0.3) is 0 Å². The summed E-state index contributed by atoms with van der Waals surface area (Å²) in [4.78, 5) is 4.68. The van der Waals surface area contributed by atoms with E-state index in [-0.39, 0.29) is 16.9 Å². The summed E-state index contributed by atoms with van der Waals surface area (Å²) in [7, 11) is 0. The van der Waals surface area contributed by atoms with Crippen LogP contribution in [0.15, 0.2) is 4.52 Å². The van der Waals surface area contributed by atoms with Crippen molar-refractivity contribution in [1.82, 2.24) is 10.1 Å². The normalized spacial score (nSPS) is 20.4. The van der Waals surface area contributed by atoms with E-state index in [0.717, 1.165) is 12.8 Å². The second kappa shape index (κ2) is 6.44. The van der Waals surface area contributed by atoms with Gasteiger partial charge in [0.15, 0.2) is 0 Å². The molecule has 0 aliphatic heterocycles. The molecule has 0 bridgehead atoms. The van der Waals surface area contributed by atoms with Crippen molar-refractivity contribution in [3.63, 3.8) is 0 Å². The van der Waals surface area contributed by atoms with Gasteiger partial charge in [0.1, 0.15) is 6.10 Å². The van der Waals surface area contributed by atoms with E-state index in [1.807, 2.05) is 6.92 Å². The predicted molar refractivity (Wildman–Crippen MR) is 81.9 cm³/mol. The molecule has 0 spiro atoms. The molecule has 0 radical (unpaired) electrons. The lowest BCUT2D eigenvalue weighted by molar-refractivity contribution is -0.0203. The van der Waals surface area contributed by atoms with Crippen LogP contribution < -0.4 is 5.73 Å². The molecule has 21 heavy (non-hydrogen) atoms. The Balaban J connectivity index is 2.27. The second-order valence-electron chi connectivity index (χ2n) is 7.20. The summed E-state index contributed by atoms with van der Waals surface area (Å²) in [5.41, 5.74) is 5.84. The second-order valence-corrected chi connectivity index (χ2v) is 7.20. The van der Waals surface area contributed by atoms with Gasteiger partial charge in [-0.25, -0.2) is 0 Å². The van der Waals surface area contributed by atoms with E-state index < -0.39 is 0 Å². The fourth-order valence-corrected chi connectivity index (χ4v) is 3.17. The third-order valence-corrected chi connectivity index (χ3v) is 4.45. The van der Waals surface area contributed by atoms with Crippen LogP contribution in [0.2, 0.25) is 0 Å². The van der Waals surface area contributed by atoms with E-state index in [4.69, 9.17) is 15.0 Å². The van der Waals surface area contributed by atoms with Crippen molar-refractivity contribution in [2.24, 2.45) is 11.1 Å². The highest BCUT2D eigenvalue weighted by Gasteiger charge is 2.40. The van der Waals surface area contributed by atoms with Gasteiger partial charge < -0.3 is 15.0 Å². The maximum atomic E-state index is 6.04. The molecule has 0 amide bonds. The maximum absolute atomic E-state index is 6.04. The van der Waals surface area contributed by atoms with Crippen LogP contribution in [-0.2, 0) is 10.2 Å². The van der Waals surface area contributed by atoms with Gasteiger partial charge in [0.2, 0.25) is 11.7 Å². The Morgan fingerprint density at radius 1 is 1.29 bits per heavy atom. The summed E-state index contributed by atoms with van der Waals surface area (Å²) in [6, 6.07) is 0. The fraction of sp³-hybridized carbons (Fsp3) is 0.875. The standard InChI is InChI=1S/C16H29N3O2/c1-5-20-12(15(2,3)4)13-18-14(21-19-13)16(11-17)9-7-6-8-10-16/h12H,5-11,17H2,1-4H3. The summed E-state index contributed by atoms with van der Waals surface area (Å²) in [5.74, 6) is 1.35. The maximum Gasteiger partial charge on any atom is 0.234 e. The molecule has 5 nitrogen and oxygen atoms in total. The summed E-state index contributed by atoms with van der Waals surface area (Å²) in [5, 5.41) is 4.20. The Hall–Kier alpha value is -0.940. The third kappa shape index (κ3) is 3.46. The van der Waals surface area contributed by atoms with Gasteiger partial charge in [0.05, 0.1) is 5.41 Å². The lowest BCUT2D eigenvalue weighted by Gasteiger charge is -2.32. The molecule has 1 atom stereocenters. The average Bonchev–Trinajstić information content (AvgIpc) is 2.94. The van der Waals surface area contributed by atoms with E-state index in [0.29, 0.717) is 24.9 Å². The molecule has 0 aromatic carbocycles. The van der Waals surface area contributed by atoms with Gasteiger partial charge in [0, 0.05) is 13.2 Å². The molecule has 5 heteroatoms. The number of nitrogens with two attached hydrogens (primary N) is 1. The van der Waals surface area contributed by atoms with E-state index in [1.54, 1.807) is 0 Å². The zero-order chi connectivity index (χ0) is 15.5. The number of hydrogen-bond donors (Lipinski definition) is 1. The van der Waals surface area contributed by atoms with Crippen molar-refractivity contribution in [1.29, 1.82) is 0 Å². The van der Waals surface area contributed by atoms with Crippen LogP contribution in [0.4, 0.5) is 0 Å². The Labute approximate surface area is 127 Å². The summed E-state index contributed by atoms with van der Waals surface area (Å²) in [6.45, 7) is 9.58. The molecule has 1 aromatic heterocycles. The van der Waals surface area contributed by atoms with Crippen LogP contribution in [-0.4, -0.2) is 23.3 Å². The molecule has 1 aliphatic rings. The van der Waals surface area contributed by atoms with E-state index in [2.05, 4.69) is 30.9 Å². The first-order valence-corrected chi connectivity index (χ1v) is 8.09. The van der Waals surface area contributed by atoms with Crippen LogP contribution in [0.3, 0.4) is 0 Å². The van der Waals surface area contributed by atoms with Gasteiger partial charge in [-0.2, -0.15) is 4.98 Å². The smallest absolute Gasteiger partial charge is 0.234 e. The van der Waals surface area contributed by atoms with Crippen molar-refractivity contribution < 1.29 is 9.26 Å². The van der Waals surface area contributed by atoms with Crippen molar-refractivity contribution >= 4 is 0 Å². The first-order chi connectivity index (χ1) is 9.93. The number of rotatable bonds is 5. The Bertz CT molecular complexity index is 445. The van der Waals surface area contributed by atoms with Gasteiger partial charge in [-0.15, -0.1) is 0 Å². The molecule has 1 aromatic rings. The lowest BCUT2D eigenvalue weighted by atomic mass is 9.74. The Morgan fingerprint density at radius 2 is 1.95 bits per heavy atom. The quantitative estimate of drug-likeness (QED) is 0.901. The molecular weight excluding hydrogens is 266 g/mol. The SMILES string of the molecule is CCOC(c1noc(C2(CN)CCCCC2)n1)C(C)(C)C. The number of aromatic nitrogens is 2. The zero-order valence-electron chi connectivity index (χ0n) is 13.8. The topological polar surface area (TPSA) is 74.2 Å². The van der Waals surface area contributed by atoms with Crippen molar-refractivity contribution in [2.75, 3.05) is 13.2 Å². The summed E-state index contributed by atoms with van der Waals surface area (Å²) >= 11 is 0. The first kappa shape index (κ1) is 16.4. The molecule has 2 rings (SSSR count). The molecule has 1 unspecified atom stereocenters. The molecule has 120 valence electrons. The fourth-order valence-electron chi connectivity index (χ4n) is 3.17. The molecule has 2 N–H and O–H groups in total. The monoisotopic (exact) mass is 295 g/mol. The van der Waals surface area contributed by atoms with E-state index in [9.17, 15) is 0 Å². The lowest BCUT2D eigenvalue weighted by Crippen LogP contribution is -2.37. The zero-order valence-corrected chi connectivity index (χ0v) is 13.8. The van der Waals surface area contributed by atoms with Crippen molar-refractivity contribution in [3.05, 3.63) is 11.7 Å². The van der Waals surface area contributed by atoms with Crippen LogP contribution in [0.25, 0.3) is 0 Å². The summed E-state index contributed by atoms with van der Waals surface area (Å²) in [6.07, 6.45) is 5.57. The molecule has 1 saturated carbocycles. The molecule has 1 fully saturated rings. The minimum absolute atomic E-state index is 0.0698. The largest absolute Gasteiger partial charge is 0.370 e. The minimum Gasteiger partial charge on any atom is -0.370 e. The molecular formula is C16H29N3O2. The van der Waals surface area contributed by atoms with Crippen LogP contribution in [0, 0.1) is 5.41 Å². The van der Waals surface area contributed by atoms with E-state index >= 15 is 0 Å².